The highest BCUT2D eigenvalue weighted by atomic mass is 79.9. The molecular formula is C11H13BrN2O5. The summed E-state index contributed by atoms with van der Waals surface area (Å²) in [5, 5.41) is 18.7. The van der Waals surface area contributed by atoms with Crippen molar-refractivity contribution in [3.05, 3.63) is 37.6 Å². The first-order chi connectivity index (χ1) is 9.06. The molecule has 2 heterocycles. The van der Waals surface area contributed by atoms with Crippen LogP contribution in [0.25, 0.3) is 6.08 Å². The van der Waals surface area contributed by atoms with Crippen molar-refractivity contribution in [2.24, 2.45) is 0 Å². The van der Waals surface area contributed by atoms with Crippen LogP contribution in [0, 0.1) is 0 Å². The third-order valence-electron chi connectivity index (χ3n) is 2.93. The highest BCUT2D eigenvalue weighted by Crippen LogP contribution is 2.27. The smallest absolute Gasteiger partial charge is 0.330 e. The molecule has 1 aromatic heterocycles. The number of nitrogens with zero attached hydrogens (tertiary/aromatic N) is 1. The van der Waals surface area contributed by atoms with Crippen LogP contribution in [-0.2, 0) is 4.74 Å². The van der Waals surface area contributed by atoms with Crippen LogP contribution in [0.15, 0.2) is 20.8 Å². The average Bonchev–Trinajstić information content (AvgIpc) is 2.74. The Morgan fingerprint density at radius 2 is 2.32 bits per heavy atom. The molecule has 0 radical (unpaired) electrons. The van der Waals surface area contributed by atoms with Gasteiger partial charge >= 0.3 is 5.69 Å². The first-order valence-electron chi connectivity index (χ1n) is 5.63. The molecule has 0 aromatic carbocycles. The maximum absolute atomic E-state index is 11.7. The maximum Gasteiger partial charge on any atom is 0.330 e. The van der Waals surface area contributed by atoms with Gasteiger partial charge in [0.15, 0.2) is 0 Å². The van der Waals surface area contributed by atoms with Gasteiger partial charge in [0, 0.05) is 12.6 Å². The summed E-state index contributed by atoms with van der Waals surface area (Å²) in [6.45, 7) is -0.329. The lowest BCUT2D eigenvalue weighted by molar-refractivity contribution is -0.0459. The first-order valence-corrected chi connectivity index (χ1v) is 6.55. The fourth-order valence-electron chi connectivity index (χ4n) is 1.95. The number of aliphatic hydroxyl groups excluding tert-OH is 2. The number of ether oxygens (including phenoxy) is 1. The zero-order chi connectivity index (χ0) is 14.0. The molecule has 0 aliphatic carbocycles. The van der Waals surface area contributed by atoms with Crippen molar-refractivity contribution < 1.29 is 14.9 Å². The second-order valence-electron chi connectivity index (χ2n) is 4.16. The van der Waals surface area contributed by atoms with E-state index in [2.05, 4.69) is 20.9 Å². The molecule has 19 heavy (non-hydrogen) atoms. The molecule has 1 fully saturated rings. The van der Waals surface area contributed by atoms with Crippen LogP contribution in [0.4, 0.5) is 0 Å². The third-order valence-corrected chi connectivity index (χ3v) is 3.20. The number of aromatic nitrogens is 2. The van der Waals surface area contributed by atoms with Crippen molar-refractivity contribution in [1.29, 1.82) is 0 Å². The van der Waals surface area contributed by atoms with Crippen LogP contribution in [0.3, 0.4) is 0 Å². The van der Waals surface area contributed by atoms with Gasteiger partial charge in [0.25, 0.3) is 5.56 Å². The SMILES string of the molecule is O=c1[nH]c(=O)n([C@@H]2CC(O)[C@H](CO)O2)cc1/C=C/Br. The first kappa shape index (κ1) is 14.2. The second kappa shape index (κ2) is 5.83. The van der Waals surface area contributed by atoms with E-state index in [1.165, 1.54) is 21.8 Å². The minimum atomic E-state index is -0.844. The van der Waals surface area contributed by atoms with Crippen LogP contribution in [0.5, 0.6) is 0 Å². The summed E-state index contributed by atoms with van der Waals surface area (Å²) in [5.74, 6) is 0. The van der Waals surface area contributed by atoms with Crippen LogP contribution >= 0.6 is 15.9 Å². The molecule has 104 valence electrons. The minimum Gasteiger partial charge on any atom is -0.394 e. The number of aromatic amines is 1. The topological polar surface area (TPSA) is 105 Å². The Kier molecular flexibility index (Phi) is 4.35. The molecule has 7 nitrogen and oxygen atoms in total. The van der Waals surface area contributed by atoms with Gasteiger partial charge in [0.2, 0.25) is 0 Å². The molecular weight excluding hydrogens is 320 g/mol. The van der Waals surface area contributed by atoms with E-state index in [0.29, 0.717) is 0 Å². The maximum atomic E-state index is 11.7. The highest BCUT2D eigenvalue weighted by molar-refractivity contribution is 9.11. The van der Waals surface area contributed by atoms with Gasteiger partial charge in [0.05, 0.1) is 18.3 Å². The van der Waals surface area contributed by atoms with Gasteiger partial charge < -0.3 is 14.9 Å². The normalized spacial score (nSPS) is 27.2. The summed E-state index contributed by atoms with van der Waals surface area (Å²) in [6, 6.07) is 0. The molecule has 1 aliphatic heterocycles. The summed E-state index contributed by atoms with van der Waals surface area (Å²) in [5.41, 5.74) is -0.844. The van der Waals surface area contributed by atoms with Crippen molar-refractivity contribution in [3.8, 4) is 0 Å². The highest BCUT2D eigenvalue weighted by Gasteiger charge is 2.35. The van der Waals surface area contributed by atoms with Gasteiger partial charge in [-0.3, -0.25) is 14.3 Å². The van der Waals surface area contributed by atoms with E-state index in [0.717, 1.165) is 0 Å². The molecule has 0 bridgehead atoms. The number of hydrogen-bond donors (Lipinski definition) is 3. The fraction of sp³-hybridized carbons (Fsp3) is 0.455. The van der Waals surface area contributed by atoms with E-state index in [9.17, 15) is 14.7 Å². The summed E-state index contributed by atoms with van der Waals surface area (Å²) in [6.07, 6.45) is 0.746. The van der Waals surface area contributed by atoms with Gasteiger partial charge in [0.1, 0.15) is 12.3 Å². The van der Waals surface area contributed by atoms with Gasteiger partial charge in [-0.25, -0.2) is 4.79 Å². The van der Waals surface area contributed by atoms with Gasteiger partial charge in [-0.1, -0.05) is 15.9 Å². The lowest BCUT2D eigenvalue weighted by Gasteiger charge is -2.14. The zero-order valence-electron chi connectivity index (χ0n) is 9.82. The Hall–Kier alpha value is -1.22. The summed E-state index contributed by atoms with van der Waals surface area (Å²) < 4.78 is 6.56. The standard InChI is InChI=1S/C11H13BrN2O5/c12-2-1-6-4-14(11(18)13-10(6)17)9-3-7(16)8(5-15)19-9/h1-2,4,7-9,15-16H,3,5H2,(H,13,17,18)/b2-1+/t7?,8-,9-/m0/s1. The molecule has 0 saturated carbocycles. The van der Waals surface area contributed by atoms with Crippen LogP contribution in [0.1, 0.15) is 18.2 Å². The Morgan fingerprint density at radius 1 is 1.58 bits per heavy atom. The van der Waals surface area contributed by atoms with Gasteiger partial charge in [-0.15, -0.1) is 0 Å². The van der Waals surface area contributed by atoms with Crippen molar-refractivity contribution >= 4 is 22.0 Å². The fourth-order valence-corrected chi connectivity index (χ4v) is 2.24. The van der Waals surface area contributed by atoms with E-state index in [-0.39, 0.29) is 18.6 Å². The Labute approximate surface area is 116 Å². The minimum absolute atomic E-state index is 0.175. The largest absolute Gasteiger partial charge is 0.394 e. The predicted octanol–water partition coefficient (Wildman–Crippen LogP) is -0.457. The molecule has 8 heteroatoms. The van der Waals surface area contributed by atoms with E-state index in [1.807, 2.05) is 0 Å². The average molecular weight is 333 g/mol. The second-order valence-corrected chi connectivity index (χ2v) is 4.69. The lowest BCUT2D eigenvalue weighted by Crippen LogP contribution is -2.33. The van der Waals surface area contributed by atoms with Gasteiger partial charge in [-0.05, 0) is 11.1 Å². The molecule has 2 rings (SSSR count). The van der Waals surface area contributed by atoms with Crippen LogP contribution in [-0.4, -0.2) is 38.6 Å². The number of nitrogens with one attached hydrogen (secondary N) is 1. The molecule has 1 saturated heterocycles. The van der Waals surface area contributed by atoms with Crippen molar-refractivity contribution in [3.63, 3.8) is 0 Å². The molecule has 1 aromatic rings. The number of hydrogen-bond acceptors (Lipinski definition) is 5. The quantitative estimate of drug-likeness (QED) is 0.695. The molecule has 1 aliphatic rings. The lowest BCUT2D eigenvalue weighted by atomic mass is 10.2. The summed E-state index contributed by atoms with van der Waals surface area (Å²) in [7, 11) is 0. The molecule has 1 unspecified atom stereocenters. The molecule has 0 amide bonds. The van der Waals surface area contributed by atoms with Gasteiger partial charge in [-0.2, -0.15) is 0 Å². The third kappa shape index (κ3) is 2.86. The zero-order valence-corrected chi connectivity index (χ0v) is 11.4. The van der Waals surface area contributed by atoms with Crippen molar-refractivity contribution in [2.45, 2.75) is 24.9 Å². The Morgan fingerprint density at radius 3 is 2.89 bits per heavy atom. The van der Waals surface area contributed by atoms with E-state index in [4.69, 9.17) is 9.84 Å². The monoisotopic (exact) mass is 332 g/mol. The molecule has 3 N–H and O–H groups in total. The van der Waals surface area contributed by atoms with E-state index < -0.39 is 29.7 Å². The number of rotatable bonds is 3. The van der Waals surface area contributed by atoms with E-state index >= 15 is 0 Å². The number of halogens is 1. The molecule has 0 spiro atoms. The van der Waals surface area contributed by atoms with E-state index in [1.54, 1.807) is 0 Å². The number of aliphatic hydroxyl groups is 2. The van der Waals surface area contributed by atoms with Crippen molar-refractivity contribution in [2.75, 3.05) is 6.61 Å². The summed E-state index contributed by atoms with van der Waals surface area (Å²) >= 11 is 3.05. The van der Waals surface area contributed by atoms with Crippen LogP contribution < -0.4 is 11.2 Å². The van der Waals surface area contributed by atoms with Crippen LogP contribution in [0.2, 0.25) is 0 Å². The predicted molar refractivity (Wildman–Crippen MR) is 70.9 cm³/mol. The Balaban J connectivity index is 2.38. The molecule has 3 atom stereocenters. The van der Waals surface area contributed by atoms with Crippen molar-refractivity contribution in [1.82, 2.24) is 9.55 Å². The summed E-state index contributed by atoms with van der Waals surface area (Å²) in [4.78, 5) is 26.9. The number of H-pyrrole nitrogens is 1. The Bertz CT molecular complexity index is 593.